The van der Waals surface area contributed by atoms with Crippen LogP contribution in [0.2, 0.25) is 0 Å². The number of fused-ring (bicyclic) bond motifs is 2. The molecule has 0 radical (unpaired) electrons. The molecule has 28 heavy (non-hydrogen) atoms. The number of carbonyl (C=O) groups is 1. The number of rotatable bonds is 5. The lowest BCUT2D eigenvalue weighted by Crippen LogP contribution is -2.11. The Bertz CT molecular complexity index is 1230. The highest BCUT2D eigenvalue weighted by Gasteiger charge is 2.14. The summed E-state index contributed by atoms with van der Waals surface area (Å²) in [5.74, 6) is 0.565. The predicted molar refractivity (Wildman–Crippen MR) is 104 cm³/mol. The van der Waals surface area contributed by atoms with Gasteiger partial charge in [0.25, 0.3) is 0 Å². The van der Waals surface area contributed by atoms with E-state index in [9.17, 15) is 9.59 Å². The molecule has 0 aliphatic heterocycles. The van der Waals surface area contributed by atoms with Crippen molar-refractivity contribution in [2.45, 2.75) is 19.8 Å². The molecule has 0 amide bonds. The fourth-order valence-electron chi connectivity index (χ4n) is 3.22. The van der Waals surface area contributed by atoms with E-state index in [2.05, 4.69) is 0 Å². The van der Waals surface area contributed by atoms with Crippen LogP contribution in [0.3, 0.4) is 0 Å². The minimum Gasteiger partial charge on any atom is -0.497 e. The summed E-state index contributed by atoms with van der Waals surface area (Å²) in [5.41, 5.74) is 2.23. The van der Waals surface area contributed by atoms with E-state index >= 15 is 0 Å². The van der Waals surface area contributed by atoms with Crippen LogP contribution in [0.25, 0.3) is 21.9 Å². The van der Waals surface area contributed by atoms with E-state index in [-0.39, 0.29) is 6.42 Å². The van der Waals surface area contributed by atoms with Gasteiger partial charge in [-0.3, -0.25) is 4.79 Å². The molecule has 0 spiro atoms. The number of benzene rings is 2. The van der Waals surface area contributed by atoms with Gasteiger partial charge < -0.3 is 18.3 Å². The first kappa shape index (κ1) is 17.9. The molecule has 2 heterocycles. The Morgan fingerprint density at radius 2 is 1.68 bits per heavy atom. The molecule has 6 heteroatoms. The monoisotopic (exact) mass is 378 g/mol. The van der Waals surface area contributed by atoms with Gasteiger partial charge in [0.05, 0.1) is 19.8 Å². The van der Waals surface area contributed by atoms with Crippen molar-refractivity contribution >= 4 is 27.9 Å². The predicted octanol–water partition coefficient (Wildman–Crippen LogP) is 4.26. The molecule has 0 aliphatic rings. The van der Waals surface area contributed by atoms with E-state index in [1.807, 2.05) is 19.1 Å². The largest absolute Gasteiger partial charge is 0.497 e. The van der Waals surface area contributed by atoms with Gasteiger partial charge in [-0.1, -0.05) is 6.92 Å². The van der Waals surface area contributed by atoms with E-state index < -0.39 is 11.6 Å². The summed E-state index contributed by atoms with van der Waals surface area (Å²) in [7, 11) is 1.58. The van der Waals surface area contributed by atoms with Gasteiger partial charge in [0.1, 0.15) is 22.7 Å². The second kappa shape index (κ2) is 7.23. The van der Waals surface area contributed by atoms with E-state index in [0.29, 0.717) is 29.1 Å². The van der Waals surface area contributed by atoms with Crippen LogP contribution >= 0.6 is 0 Å². The minimum absolute atomic E-state index is 0.0519. The zero-order valence-electron chi connectivity index (χ0n) is 15.5. The molecule has 0 saturated carbocycles. The van der Waals surface area contributed by atoms with Crippen LogP contribution in [0, 0.1) is 0 Å². The quantitative estimate of drug-likeness (QED) is 0.293. The molecule has 0 atom stereocenters. The van der Waals surface area contributed by atoms with Crippen molar-refractivity contribution in [2.75, 3.05) is 7.11 Å². The maximum atomic E-state index is 12.4. The van der Waals surface area contributed by atoms with Gasteiger partial charge in [-0.25, -0.2) is 4.79 Å². The summed E-state index contributed by atoms with van der Waals surface area (Å²) in [5, 5.41) is 1.66. The number of methoxy groups -OCH3 is 1. The summed E-state index contributed by atoms with van der Waals surface area (Å²) in [4.78, 5) is 24.1. The Hall–Kier alpha value is -3.54. The van der Waals surface area contributed by atoms with Crippen LogP contribution in [0.15, 0.2) is 62.4 Å². The molecule has 2 aromatic heterocycles. The number of hydrogen-bond donors (Lipinski definition) is 0. The van der Waals surface area contributed by atoms with E-state index in [1.165, 1.54) is 6.07 Å². The average molecular weight is 378 g/mol. The molecule has 6 nitrogen and oxygen atoms in total. The topological polar surface area (TPSA) is 78.9 Å². The Morgan fingerprint density at radius 1 is 0.964 bits per heavy atom. The maximum Gasteiger partial charge on any atom is 0.336 e. The number of ether oxygens (including phenoxy) is 2. The molecular formula is C22H18O6. The number of hydrogen-bond acceptors (Lipinski definition) is 6. The summed E-state index contributed by atoms with van der Waals surface area (Å²) >= 11 is 0. The molecule has 0 fully saturated rings. The van der Waals surface area contributed by atoms with Gasteiger partial charge in [0.15, 0.2) is 0 Å². The molecule has 2 aromatic carbocycles. The van der Waals surface area contributed by atoms with Gasteiger partial charge in [-0.2, -0.15) is 0 Å². The van der Waals surface area contributed by atoms with Crippen molar-refractivity contribution in [3.8, 4) is 11.5 Å². The third-order valence-corrected chi connectivity index (χ3v) is 4.61. The lowest BCUT2D eigenvalue weighted by molar-refractivity contribution is -0.133. The van der Waals surface area contributed by atoms with Gasteiger partial charge in [-0.15, -0.1) is 0 Å². The normalized spacial score (nSPS) is 11.1. The zero-order valence-corrected chi connectivity index (χ0v) is 15.5. The minimum atomic E-state index is -0.438. The highest BCUT2D eigenvalue weighted by atomic mass is 16.5. The van der Waals surface area contributed by atoms with Crippen LogP contribution < -0.4 is 15.1 Å². The molecule has 4 aromatic rings. The highest BCUT2D eigenvalue weighted by Crippen LogP contribution is 2.27. The third kappa shape index (κ3) is 3.36. The van der Waals surface area contributed by atoms with Crippen molar-refractivity contribution in [3.05, 3.63) is 70.3 Å². The van der Waals surface area contributed by atoms with Crippen LogP contribution in [0.5, 0.6) is 11.5 Å². The lowest BCUT2D eigenvalue weighted by atomic mass is 10.1. The molecular weight excluding hydrogens is 360 g/mol. The Kier molecular flexibility index (Phi) is 4.61. The van der Waals surface area contributed by atoms with Gasteiger partial charge in [0.2, 0.25) is 0 Å². The van der Waals surface area contributed by atoms with Crippen LogP contribution in [-0.2, 0) is 17.6 Å². The number of furan rings is 1. The van der Waals surface area contributed by atoms with Gasteiger partial charge in [0, 0.05) is 34.5 Å². The first-order valence-corrected chi connectivity index (χ1v) is 8.89. The standard InChI is InChI=1S/C22H18O6/c1-3-13-8-22(24)28-20-11-16(5-7-17(13)20)27-21(23)9-14-12-26-19-10-15(25-2)4-6-18(14)19/h4-8,10-12H,3,9H2,1-2H3. The first-order valence-electron chi connectivity index (χ1n) is 8.89. The smallest absolute Gasteiger partial charge is 0.336 e. The Morgan fingerprint density at radius 3 is 2.43 bits per heavy atom. The van der Waals surface area contributed by atoms with Crippen molar-refractivity contribution in [2.24, 2.45) is 0 Å². The van der Waals surface area contributed by atoms with E-state index in [0.717, 1.165) is 21.9 Å². The van der Waals surface area contributed by atoms with Crippen LogP contribution in [0.4, 0.5) is 0 Å². The fourth-order valence-corrected chi connectivity index (χ4v) is 3.22. The lowest BCUT2D eigenvalue weighted by Gasteiger charge is -2.07. The van der Waals surface area contributed by atoms with Gasteiger partial charge >= 0.3 is 11.6 Å². The van der Waals surface area contributed by atoms with E-state index in [1.54, 1.807) is 37.6 Å². The first-order chi connectivity index (χ1) is 13.6. The van der Waals surface area contributed by atoms with E-state index in [4.69, 9.17) is 18.3 Å². The Balaban J connectivity index is 1.56. The summed E-state index contributed by atoms with van der Waals surface area (Å²) in [6.45, 7) is 1.97. The molecule has 0 saturated heterocycles. The SMILES string of the molecule is CCc1cc(=O)oc2cc(OC(=O)Cc3coc4cc(OC)ccc34)ccc12. The molecule has 0 aliphatic carbocycles. The number of esters is 1. The van der Waals surface area contributed by atoms with Crippen molar-refractivity contribution in [1.29, 1.82) is 0 Å². The average Bonchev–Trinajstić information content (AvgIpc) is 3.08. The maximum absolute atomic E-state index is 12.4. The highest BCUT2D eigenvalue weighted by molar-refractivity contribution is 5.88. The van der Waals surface area contributed by atoms with Crippen molar-refractivity contribution < 1.29 is 23.1 Å². The third-order valence-electron chi connectivity index (χ3n) is 4.61. The fraction of sp³-hybridized carbons (Fsp3) is 0.182. The molecule has 0 N–H and O–H groups in total. The van der Waals surface area contributed by atoms with Crippen molar-refractivity contribution in [3.63, 3.8) is 0 Å². The van der Waals surface area contributed by atoms with Gasteiger partial charge in [-0.05, 0) is 36.2 Å². The molecule has 0 unspecified atom stereocenters. The molecule has 0 bridgehead atoms. The number of carbonyl (C=O) groups excluding carboxylic acids is 1. The summed E-state index contributed by atoms with van der Waals surface area (Å²) in [6.07, 6.45) is 2.30. The van der Waals surface area contributed by atoms with Crippen molar-refractivity contribution in [1.82, 2.24) is 0 Å². The zero-order chi connectivity index (χ0) is 19.7. The Labute approximate surface area is 160 Å². The summed E-state index contributed by atoms with van der Waals surface area (Å²) < 4.78 is 21.3. The van der Waals surface area contributed by atoms with Crippen LogP contribution in [0.1, 0.15) is 18.1 Å². The molecule has 142 valence electrons. The summed E-state index contributed by atoms with van der Waals surface area (Å²) in [6, 6.07) is 11.9. The second-order valence-corrected chi connectivity index (χ2v) is 6.38. The van der Waals surface area contributed by atoms with Crippen LogP contribution in [-0.4, -0.2) is 13.1 Å². The second-order valence-electron chi connectivity index (χ2n) is 6.38. The molecule has 4 rings (SSSR count). The number of aryl methyl sites for hydroxylation is 1.